The van der Waals surface area contributed by atoms with E-state index in [-0.39, 0.29) is 16.5 Å². The van der Waals surface area contributed by atoms with Crippen LogP contribution in [0.3, 0.4) is 0 Å². The van der Waals surface area contributed by atoms with Crippen LogP contribution >= 0.6 is 7.82 Å². The van der Waals surface area contributed by atoms with Crippen molar-refractivity contribution in [1.29, 1.82) is 0 Å². The van der Waals surface area contributed by atoms with Gasteiger partial charge in [-0.05, 0) is 0 Å². The molecule has 0 radical (unpaired) electrons. The van der Waals surface area contributed by atoms with Crippen molar-refractivity contribution in [2.24, 2.45) is 0 Å². The van der Waals surface area contributed by atoms with Crippen molar-refractivity contribution in [2.75, 3.05) is 0 Å². The average molecular weight is 439 g/mol. The van der Waals surface area contributed by atoms with E-state index >= 15 is 0 Å². The molecule has 4 nitrogen and oxygen atoms in total. The third-order valence-corrected chi connectivity index (χ3v) is 3.71. The summed E-state index contributed by atoms with van der Waals surface area (Å²) in [5.74, 6) is 0. The number of hydrogen-bond donors (Lipinski definition) is 3. The second kappa shape index (κ2) is 30.3. The first-order valence-electron chi connectivity index (χ1n) is 10.2. The zero-order valence-electron chi connectivity index (χ0n) is 17.2. The van der Waals surface area contributed by atoms with Crippen molar-refractivity contribution in [3.8, 4) is 0 Å². The van der Waals surface area contributed by atoms with E-state index in [9.17, 15) is 0 Å². The molecule has 0 aromatic carbocycles. The standard InChI is InChI=1S/2C10H21.Ni.H3O4P/c2*1-3-5-7-9-10-8-6-4-2;;1-5(2,3)4/h2*1,3-10H2,2H3;;(H3,1,2,3,4)/q2*-1;+2;. The second-order valence-electron chi connectivity index (χ2n) is 6.46. The molecular weight excluding hydrogens is 394 g/mol. The summed E-state index contributed by atoms with van der Waals surface area (Å²) in [5.41, 5.74) is 0. The quantitative estimate of drug-likeness (QED) is 0.118. The molecule has 0 saturated heterocycles. The SMILES string of the molecule is O=P(O)(O)O.[CH2-]CCCCCCCCC.[CH2-]CCCCCCCCC.[Ni+2]. The summed E-state index contributed by atoms with van der Waals surface area (Å²) in [7, 11) is -4.64. The Balaban J connectivity index is -0.000000145. The molecule has 0 aliphatic rings. The number of unbranched alkanes of at least 4 members (excludes halogenated alkanes) is 14. The van der Waals surface area contributed by atoms with Gasteiger partial charge in [-0.2, -0.15) is 12.8 Å². The minimum Gasteiger partial charge on any atom is -0.343 e. The van der Waals surface area contributed by atoms with Gasteiger partial charge >= 0.3 is 24.3 Å². The molecule has 0 unspecified atom stereocenters. The van der Waals surface area contributed by atoms with E-state index in [1.54, 1.807) is 0 Å². The molecular formula is C20H45NiO4P. The summed E-state index contributed by atoms with van der Waals surface area (Å²) in [4.78, 5) is 21.6. The van der Waals surface area contributed by atoms with Crippen molar-refractivity contribution in [3.05, 3.63) is 13.8 Å². The molecule has 0 spiro atoms. The van der Waals surface area contributed by atoms with Crippen LogP contribution in [0.4, 0.5) is 0 Å². The van der Waals surface area contributed by atoms with Crippen molar-refractivity contribution in [1.82, 2.24) is 0 Å². The predicted molar refractivity (Wildman–Crippen MR) is 110 cm³/mol. The van der Waals surface area contributed by atoms with Crippen LogP contribution in [-0.4, -0.2) is 14.7 Å². The molecule has 0 atom stereocenters. The normalized spacial score (nSPS) is 10.1. The molecule has 0 bridgehead atoms. The zero-order valence-corrected chi connectivity index (χ0v) is 19.1. The molecule has 0 rings (SSSR count). The van der Waals surface area contributed by atoms with Crippen LogP contribution in [0, 0.1) is 13.8 Å². The monoisotopic (exact) mass is 438 g/mol. The molecule has 164 valence electrons. The van der Waals surface area contributed by atoms with Crippen LogP contribution in [-0.2, 0) is 21.1 Å². The van der Waals surface area contributed by atoms with Gasteiger partial charge in [0.25, 0.3) is 0 Å². The first-order chi connectivity index (χ1) is 11.8. The Hall–Kier alpha value is 0.604. The molecule has 0 aliphatic carbocycles. The predicted octanol–water partition coefficient (Wildman–Crippen LogP) is 6.99. The Morgan fingerprint density at radius 1 is 0.577 bits per heavy atom. The number of phosphoric acid groups is 1. The van der Waals surface area contributed by atoms with E-state index in [0.29, 0.717) is 0 Å². The van der Waals surface area contributed by atoms with E-state index in [2.05, 4.69) is 27.7 Å². The fourth-order valence-corrected chi connectivity index (χ4v) is 2.27. The smallest absolute Gasteiger partial charge is 0.343 e. The van der Waals surface area contributed by atoms with Crippen LogP contribution in [0.2, 0.25) is 0 Å². The second-order valence-corrected chi connectivity index (χ2v) is 7.49. The Morgan fingerprint density at radius 3 is 0.962 bits per heavy atom. The van der Waals surface area contributed by atoms with Crippen LogP contribution in [0.15, 0.2) is 0 Å². The molecule has 0 aromatic heterocycles. The van der Waals surface area contributed by atoms with Gasteiger partial charge in [0, 0.05) is 0 Å². The van der Waals surface area contributed by atoms with Gasteiger partial charge < -0.3 is 28.5 Å². The van der Waals surface area contributed by atoms with Gasteiger partial charge in [-0.15, -0.1) is 0 Å². The van der Waals surface area contributed by atoms with Gasteiger partial charge in [0.05, 0.1) is 0 Å². The summed E-state index contributed by atoms with van der Waals surface area (Å²) in [6.07, 6.45) is 21.8. The first kappa shape index (κ1) is 34.1. The van der Waals surface area contributed by atoms with Crippen molar-refractivity contribution < 1.29 is 35.7 Å². The fraction of sp³-hybridized carbons (Fsp3) is 0.900. The van der Waals surface area contributed by atoms with Gasteiger partial charge in [0.2, 0.25) is 0 Å². The summed E-state index contributed by atoms with van der Waals surface area (Å²) in [6.45, 7) is 12.2. The van der Waals surface area contributed by atoms with E-state index in [0.717, 1.165) is 12.8 Å². The first-order valence-corrected chi connectivity index (χ1v) is 11.8. The summed E-state index contributed by atoms with van der Waals surface area (Å²) >= 11 is 0. The Kier molecular flexibility index (Phi) is 39.8. The van der Waals surface area contributed by atoms with Crippen molar-refractivity contribution in [3.63, 3.8) is 0 Å². The maximum Gasteiger partial charge on any atom is 2.00 e. The summed E-state index contributed by atoms with van der Waals surface area (Å²) in [6, 6.07) is 0. The molecule has 0 aliphatic heterocycles. The molecule has 0 amide bonds. The molecule has 0 heterocycles. The van der Waals surface area contributed by atoms with Crippen LogP contribution in [0.25, 0.3) is 0 Å². The number of hydrogen-bond acceptors (Lipinski definition) is 1. The van der Waals surface area contributed by atoms with Gasteiger partial charge in [-0.1, -0.05) is 104 Å². The largest absolute Gasteiger partial charge is 2.00 e. The van der Waals surface area contributed by atoms with Crippen molar-refractivity contribution >= 4 is 7.82 Å². The van der Waals surface area contributed by atoms with Crippen LogP contribution in [0.1, 0.15) is 117 Å². The average Bonchev–Trinajstić information content (AvgIpc) is 2.53. The van der Waals surface area contributed by atoms with Gasteiger partial charge in [0.1, 0.15) is 0 Å². The topological polar surface area (TPSA) is 77.8 Å². The van der Waals surface area contributed by atoms with E-state index in [4.69, 9.17) is 19.2 Å². The Morgan fingerprint density at radius 2 is 0.769 bits per heavy atom. The number of rotatable bonds is 14. The zero-order chi connectivity index (χ0) is 19.8. The Bertz CT molecular complexity index is 220. The van der Waals surface area contributed by atoms with Gasteiger partial charge in [0.15, 0.2) is 0 Å². The molecule has 26 heavy (non-hydrogen) atoms. The van der Waals surface area contributed by atoms with Crippen LogP contribution in [0.5, 0.6) is 0 Å². The van der Waals surface area contributed by atoms with Crippen molar-refractivity contribution in [2.45, 2.75) is 117 Å². The maximum absolute atomic E-state index is 8.88. The van der Waals surface area contributed by atoms with Gasteiger partial charge in [-0.3, -0.25) is 0 Å². The third kappa shape index (κ3) is 64.3. The molecule has 0 saturated carbocycles. The summed E-state index contributed by atoms with van der Waals surface area (Å²) in [5, 5.41) is 0. The molecule has 0 aromatic rings. The fourth-order valence-electron chi connectivity index (χ4n) is 2.27. The minimum absolute atomic E-state index is 0. The van der Waals surface area contributed by atoms with E-state index in [1.807, 2.05) is 0 Å². The molecule has 0 fully saturated rings. The maximum atomic E-state index is 8.88. The van der Waals surface area contributed by atoms with Gasteiger partial charge in [-0.25, -0.2) is 4.57 Å². The van der Waals surface area contributed by atoms with E-state index in [1.165, 1.54) is 89.9 Å². The summed E-state index contributed by atoms with van der Waals surface area (Å²) < 4.78 is 8.88. The molecule has 3 N–H and O–H groups in total. The van der Waals surface area contributed by atoms with E-state index < -0.39 is 7.82 Å². The molecule has 6 heteroatoms. The Labute approximate surface area is 174 Å². The third-order valence-electron chi connectivity index (χ3n) is 3.71. The van der Waals surface area contributed by atoms with Crippen LogP contribution < -0.4 is 0 Å². The minimum atomic E-state index is -4.64.